The lowest BCUT2D eigenvalue weighted by atomic mass is 9.99. The number of carbonyl (C=O) groups is 2. The van der Waals surface area contributed by atoms with E-state index >= 15 is 0 Å². The van der Waals surface area contributed by atoms with Crippen molar-refractivity contribution in [2.45, 2.75) is 13.3 Å². The van der Waals surface area contributed by atoms with Gasteiger partial charge in [0.25, 0.3) is 0 Å². The highest BCUT2D eigenvalue weighted by Gasteiger charge is 2.16. The van der Waals surface area contributed by atoms with Crippen LogP contribution in [0.2, 0.25) is 15.1 Å². The predicted molar refractivity (Wildman–Crippen MR) is 148 cm³/mol. The van der Waals surface area contributed by atoms with Crippen LogP contribution >= 0.6 is 34.8 Å². The van der Waals surface area contributed by atoms with Crippen LogP contribution in [0.25, 0.3) is 0 Å². The number of benzene rings is 4. The first kappa shape index (κ1) is 25.6. The fourth-order valence-electron chi connectivity index (χ4n) is 3.62. The Morgan fingerprint density at radius 3 is 1.92 bits per heavy atom. The van der Waals surface area contributed by atoms with E-state index in [1.807, 2.05) is 42.5 Å². The standard InChI is InChI=1S/C29H21Cl3N2O2/c1-19(35)34(33-18-21-5-3-2-4-6-21)25-16-27(31)26(28(32)17-25)15-20-7-9-22(10-8-20)29(36)23-11-13-24(30)14-12-23/h2-14,16-18H,15H2,1H3. The second-order valence-electron chi connectivity index (χ2n) is 8.08. The second-order valence-corrected chi connectivity index (χ2v) is 9.33. The number of nitrogens with zero attached hydrogens (tertiary/aromatic N) is 2. The van der Waals surface area contributed by atoms with Gasteiger partial charge in [-0.05, 0) is 53.1 Å². The Hall–Kier alpha value is -3.44. The van der Waals surface area contributed by atoms with Crippen LogP contribution in [0, 0.1) is 0 Å². The number of carbonyl (C=O) groups excluding carboxylic acids is 2. The van der Waals surface area contributed by atoms with Gasteiger partial charge in [0.2, 0.25) is 5.91 Å². The van der Waals surface area contributed by atoms with E-state index in [1.165, 1.54) is 11.9 Å². The Bertz CT molecular complexity index is 1390. The van der Waals surface area contributed by atoms with Crippen molar-refractivity contribution in [1.82, 2.24) is 0 Å². The Morgan fingerprint density at radius 1 is 0.806 bits per heavy atom. The Kier molecular flexibility index (Phi) is 8.21. The predicted octanol–water partition coefficient (Wildman–Crippen LogP) is 7.86. The molecule has 0 atom stereocenters. The normalized spacial score (nSPS) is 11.0. The van der Waals surface area contributed by atoms with E-state index in [0.717, 1.165) is 16.7 Å². The van der Waals surface area contributed by atoms with Crippen molar-refractivity contribution in [2.75, 3.05) is 5.01 Å². The van der Waals surface area contributed by atoms with Crippen LogP contribution in [0.3, 0.4) is 0 Å². The summed E-state index contributed by atoms with van der Waals surface area (Å²) in [5.74, 6) is -0.359. The maximum atomic E-state index is 12.7. The number of anilines is 1. The van der Waals surface area contributed by atoms with E-state index in [-0.39, 0.29) is 11.7 Å². The van der Waals surface area contributed by atoms with Gasteiger partial charge >= 0.3 is 0 Å². The van der Waals surface area contributed by atoms with Crippen molar-refractivity contribution >= 4 is 58.4 Å². The summed E-state index contributed by atoms with van der Waals surface area (Å²) in [5, 5.41) is 6.99. The molecular formula is C29H21Cl3N2O2. The number of hydrogen-bond acceptors (Lipinski definition) is 3. The molecule has 36 heavy (non-hydrogen) atoms. The molecule has 0 radical (unpaired) electrons. The summed E-state index contributed by atoms with van der Waals surface area (Å²) in [6.45, 7) is 1.42. The molecule has 0 aliphatic carbocycles. The highest BCUT2D eigenvalue weighted by Crippen LogP contribution is 2.33. The van der Waals surface area contributed by atoms with Crippen molar-refractivity contribution in [3.63, 3.8) is 0 Å². The third kappa shape index (κ3) is 6.21. The van der Waals surface area contributed by atoms with E-state index in [4.69, 9.17) is 34.8 Å². The number of halogens is 3. The fraction of sp³-hybridized carbons (Fsp3) is 0.0690. The van der Waals surface area contributed by atoms with Crippen LogP contribution in [0.5, 0.6) is 0 Å². The van der Waals surface area contributed by atoms with Gasteiger partial charge in [-0.25, -0.2) is 5.01 Å². The number of hydrogen-bond donors (Lipinski definition) is 0. The highest BCUT2D eigenvalue weighted by molar-refractivity contribution is 6.36. The summed E-state index contributed by atoms with van der Waals surface area (Å²) in [4.78, 5) is 25.0. The third-order valence-electron chi connectivity index (χ3n) is 5.49. The van der Waals surface area contributed by atoms with Crippen molar-refractivity contribution in [2.24, 2.45) is 5.10 Å². The zero-order valence-corrected chi connectivity index (χ0v) is 21.6. The summed E-state index contributed by atoms with van der Waals surface area (Å²) in [7, 11) is 0. The van der Waals surface area contributed by atoms with Crippen molar-refractivity contribution < 1.29 is 9.59 Å². The van der Waals surface area contributed by atoms with Crippen LogP contribution < -0.4 is 5.01 Å². The topological polar surface area (TPSA) is 49.7 Å². The minimum Gasteiger partial charge on any atom is -0.289 e. The lowest BCUT2D eigenvalue weighted by molar-refractivity contribution is -0.116. The zero-order valence-electron chi connectivity index (χ0n) is 19.3. The quantitative estimate of drug-likeness (QED) is 0.137. The molecule has 4 rings (SSSR count). The minimum absolute atomic E-state index is 0.0842. The van der Waals surface area contributed by atoms with Gasteiger partial charge in [-0.3, -0.25) is 9.59 Å². The summed E-state index contributed by atoms with van der Waals surface area (Å²) in [6.07, 6.45) is 2.06. The first-order chi connectivity index (χ1) is 17.3. The van der Waals surface area contributed by atoms with Gasteiger partial charge in [-0.1, -0.05) is 89.4 Å². The van der Waals surface area contributed by atoms with Gasteiger partial charge in [-0.2, -0.15) is 5.10 Å². The molecule has 0 bridgehead atoms. The van der Waals surface area contributed by atoms with E-state index in [1.54, 1.807) is 54.7 Å². The fourth-order valence-corrected chi connectivity index (χ4v) is 4.36. The third-order valence-corrected chi connectivity index (χ3v) is 6.42. The molecule has 0 spiro atoms. The zero-order chi connectivity index (χ0) is 25.7. The van der Waals surface area contributed by atoms with Gasteiger partial charge in [0.15, 0.2) is 5.78 Å². The molecule has 0 aliphatic rings. The molecule has 4 nitrogen and oxygen atoms in total. The number of rotatable bonds is 7. The maximum absolute atomic E-state index is 12.7. The highest BCUT2D eigenvalue weighted by atomic mass is 35.5. The molecular weight excluding hydrogens is 515 g/mol. The molecule has 180 valence electrons. The number of hydrazone groups is 1. The molecule has 4 aromatic carbocycles. The summed E-state index contributed by atoms with van der Waals surface area (Å²) < 4.78 is 0. The van der Waals surface area contributed by atoms with Crippen LogP contribution in [-0.2, 0) is 11.2 Å². The number of amides is 1. The monoisotopic (exact) mass is 534 g/mol. The van der Waals surface area contributed by atoms with Gasteiger partial charge in [0, 0.05) is 39.5 Å². The summed E-state index contributed by atoms with van der Waals surface area (Å²) >= 11 is 19.1. The van der Waals surface area contributed by atoms with Crippen molar-refractivity contribution in [1.29, 1.82) is 0 Å². The van der Waals surface area contributed by atoms with E-state index in [0.29, 0.717) is 38.3 Å². The maximum Gasteiger partial charge on any atom is 0.244 e. The van der Waals surface area contributed by atoms with Gasteiger partial charge < -0.3 is 0 Å². The lowest BCUT2D eigenvalue weighted by Gasteiger charge is -2.18. The molecule has 0 heterocycles. The first-order valence-electron chi connectivity index (χ1n) is 11.1. The average molecular weight is 536 g/mol. The van der Waals surface area contributed by atoms with Crippen LogP contribution in [-0.4, -0.2) is 17.9 Å². The van der Waals surface area contributed by atoms with Gasteiger partial charge in [0.1, 0.15) is 0 Å². The second kappa shape index (κ2) is 11.5. The van der Waals surface area contributed by atoms with Gasteiger partial charge in [0.05, 0.1) is 11.9 Å². The molecule has 4 aromatic rings. The largest absolute Gasteiger partial charge is 0.289 e. The number of ketones is 1. The van der Waals surface area contributed by atoms with Crippen LogP contribution in [0.15, 0.2) is 96.1 Å². The molecule has 0 fully saturated rings. The van der Waals surface area contributed by atoms with Crippen molar-refractivity contribution in [3.8, 4) is 0 Å². The average Bonchev–Trinajstić information content (AvgIpc) is 2.87. The summed E-state index contributed by atoms with van der Waals surface area (Å²) in [6, 6.07) is 26.9. The van der Waals surface area contributed by atoms with Gasteiger partial charge in [-0.15, -0.1) is 0 Å². The van der Waals surface area contributed by atoms with Crippen LogP contribution in [0.1, 0.15) is 39.5 Å². The molecule has 0 aliphatic heterocycles. The SMILES string of the molecule is CC(=O)N(N=Cc1ccccc1)c1cc(Cl)c(Cc2ccc(C(=O)c3ccc(Cl)cc3)cc2)c(Cl)c1. The minimum atomic E-state index is -0.275. The molecule has 0 N–H and O–H groups in total. The smallest absolute Gasteiger partial charge is 0.244 e. The molecule has 7 heteroatoms. The van der Waals surface area contributed by atoms with E-state index in [9.17, 15) is 9.59 Å². The van der Waals surface area contributed by atoms with Crippen LogP contribution in [0.4, 0.5) is 5.69 Å². The Balaban J connectivity index is 1.53. The van der Waals surface area contributed by atoms with E-state index in [2.05, 4.69) is 5.10 Å². The van der Waals surface area contributed by atoms with E-state index < -0.39 is 0 Å². The Morgan fingerprint density at radius 2 is 1.36 bits per heavy atom. The molecule has 1 amide bonds. The molecule has 0 saturated heterocycles. The first-order valence-corrected chi connectivity index (χ1v) is 12.2. The summed E-state index contributed by atoms with van der Waals surface area (Å²) in [5.41, 5.74) is 4.12. The molecule has 0 aromatic heterocycles. The Labute approximate surface area is 224 Å². The lowest BCUT2D eigenvalue weighted by Crippen LogP contribution is -2.22. The van der Waals surface area contributed by atoms with Crippen molar-refractivity contribution in [3.05, 3.63) is 134 Å². The molecule has 0 unspecified atom stereocenters. The molecule has 0 saturated carbocycles.